The second-order valence-electron chi connectivity index (χ2n) is 5.36. The molecule has 1 heterocycles. The highest BCUT2D eigenvalue weighted by Gasteiger charge is 2.25. The summed E-state index contributed by atoms with van der Waals surface area (Å²) in [6.45, 7) is 9.39. The lowest BCUT2D eigenvalue weighted by Gasteiger charge is -2.38. The molecule has 0 aromatic rings. The van der Waals surface area contributed by atoms with Gasteiger partial charge in [0.15, 0.2) is 0 Å². The van der Waals surface area contributed by atoms with Gasteiger partial charge in [-0.1, -0.05) is 27.2 Å². The van der Waals surface area contributed by atoms with Gasteiger partial charge in [0.25, 0.3) is 0 Å². The van der Waals surface area contributed by atoms with Crippen molar-refractivity contribution in [2.75, 3.05) is 19.7 Å². The van der Waals surface area contributed by atoms with Gasteiger partial charge in [-0.05, 0) is 24.8 Å². The maximum Gasteiger partial charge on any atom is 0.0586 e. The lowest BCUT2D eigenvalue weighted by molar-refractivity contribution is 0.0624. The maximum absolute atomic E-state index is 9.22. The Balaban J connectivity index is 2.45. The van der Waals surface area contributed by atoms with E-state index in [1.165, 1.54) is 25.8 Å². The molecule has 78 valence electrons. The van der Waals surface area contributed by atoms with E-state index in [-0.39, 0.29) is 0 Å². The van der Waals surface area contributed by atoms with Crippen LogP contribution >= 0.6 is 0 Å². The molecule has 0 aromatic heterocycles. The molecule has 1 atom stereocenters. The largest absolute Gasteiger partial charge is 0.395 e. The molecule has 0 unspecified atom stereocenters. The Morgan fingerprint density at radius 3 is 2.54 bits per heavy atom. The molecule has 13 heavy (non-hydrogen) atoms. The highest BCUT2D eigenvalue weighted by molar-refractivity contribution is 4.79. The highest BCUT2D eigenvalue weighted by Crippen LogP contribution is 2.22. The van der Waals surface area contributed by atoms with E-state index in [9.17, 15) is 5.11 Å². The van der Waals surface area contributed by atoms with Crippen molar-refractivity contribution in [3.05, 3.63) is 0 Å². The van der Waals surface area contributed by atoms with E-state index < -0.39 is 0 Å². The predicted molar refractivity (Wildman–Crippen MR) is 55.8 cm³/mol. The van der Waals surface area contributed by atoms with Gasteiger partial charge in [-0.2, -0.15) is 0 Å². The smallest absolute Gasteiger partial charge is 0.0586 e. The van der Waals surface area contributed by atoms with E-state index in [0.29, 0.717) is 18.1 Å². The average Bonchev–Trinajstić information content (AvgIpc) is 2.02. The van der Waals surface area contributed by atoms with Gasteiger partial charge >= 0.3 is 0 Å². The fourth-order valence-corrected chi connectivity index (χ4v) is 2.08. The van der Waals surface area contributed by atoms with Crippen molar-refractivity contribution in [2.24, 2.45) is 5.41 Å². The topological polar surface area (TPSA) is 23.5 Å². The number of rotatable bonds is 2. The number of likely N-dealkylation sites (tertiary alicyclic amines) is 1. The van der Waals surface area contributed by atoms with Crippen LogP contribution in [0, 0.1) is 5.41 Å². The molecule has 1 N–H and O–H groups in total. The van der Waals surface area contributed by atoms with Gasteiger partial charge < -0.3 is 5.11 Å². The third-order valence-electron chi connectivity index (χ3n) is 2.64. The van der Waals surface area contributed by atoms with Crippen molar-refractivity contribution in [3.8, 4) is 0 Å². The highest BCUT2D eigenvalue weighted by atomic mass is 16.3. The molecule has 0 bridgehead atoms. The minimum atomic E-state index is 0.329. The van der Waals surface area contributed by atoms with Crippen LogP contribution in [0.5, 0.6) is 0 Å². The fraction of sp³-hybridized carbons (Fsp3) is 1.00. The van der Waals surface area contributed by atoms with Gasteiger partial charge in [-0.3, -0.25) is 4.90 Å². The number of nitrogens with zero attached hydrogens (tertiary/aromatic N) is 1. The second-order valence-corrected chi connectivity index (χ2v) is 5.36. The van der Waals surface area contributed by atoms with Crippen LogP contribution in [0.3, 0.4) is 0 Å². The Morgan fingerprint density at radius 1 is 1.31 bits per heavy atom. The summed E-state index contributed by atoms with van der Waals surface area (Å²) in [5.74, 6) is 0. The zero-order chi connectivity index (χ0) is 9.90. The summed E-state index contributed by atoms with van der Waals surface area (Å²) in [7, 11) is 0. The molecule has 1 saturated heterocycles. The lowest BCUT2D eigenvalue weighted by atomic mass is 9.93. The third-order valence-corrected chi connectivity index (χ3v) is 2.64. The molecular weight excluding hydrogens is 162 g/mol. The van der Waals surface area contributed by atoms with Crippen molar-refractivity contribution >= 4 is 0 Å². The van der Waals surface area contributed by atoms with Crippen LogP contribution in [0.15, 0.2) is 0 Å². The predicted octanol–water partition coefficient (Wildman–Crippen LogP) is 1.88. The Hall–Kier alpha value is -0.0800. The minimum absolute atomic E-state index is 0.329. The molecule has 0 saturated carbocycles. The monoisotopic (exact) mass is 185 g/mol. The molecule has 1 fully saturated rings. The Bertz CT molecular complexity index is 151. The summed E-state index contributed by atoms with van der Waals surface area (Å²) in [4.78, 5) is 2.45. The van der Waals surface area contributed by atoms with Crippen molar-refractivity contribution in [2.45, 2.75) is 46.1 Å². The number of hydrogen-bond donors (Lipinski definition) is 1. The molecule has 0 spiro atoms. The van der Waals surface area contributed by atoms with Gasteiger partial charge in [-0.15, -0.1) is 0 Å². The Labute approximate surface area is 81.9 Å². The van der Waals surface area contributed by atoms with E-state index in [2.05, 4.69) is 25.7 Å². The summed E-state index contributed by atoms with van der Waals surface area (Å²) < 4.78 is 0. The first-order chi connectivity index (χ1) is 6.03. The third kappa shape index (κ3) is 3.65. The molecule has 0 radical (unpaired) electrons. The summed E-state index contributed by atoms with van der Waals surface area (Å²) in [6, 6.07) is 0.424. The molecule has 0 aromatic carbocycles. The van der Waals surface area contributed by atoms with Crippen LogP contribution in [0.25, 0.3) is 0 Å². The first-order valence-corrected chi connectivity index (χ1v) is 5.38. The van der Waals surface area contributed by atoms with Gasteiger partial charge in [0.05, 0.1) is 6.61 Å². The molecule has 1 rings (SSSR count). The molecule has 1 aliphatic heterocycles. The molecule has 0 amide bonds. The molecular formula is C11H23NO. The first-order valence-electron chi connectivity index (χ1n) is 5.38. The minimum Gasteiger partial charge on any atom is -0.395 e. The van der Waals surface area contributed by atoms with Crippen LogP contribution in [0.1, 0.15) is 40.0 Å². The van der Waals surface area contributed by atoms with Gasteiger partial charge in [-0.25, -0.2) is 0 Å². The van der Waals surface area contributed by atoms with E-state index in [0.717, 1.165) is 6.54 Å². The Kier molecular flexibility index (Phi) is 3.74. The van der Waals surface area contributed by atoms with Crippen LogP contribution in [-0.4, -0.2) is 35.7 Å². The van der Waals surface area contributed by atoms with Gasteiger partial charge in [0, 0.05) is 12.6 Å². The van der Waals surface area contributed by atoms with E-state index in [4.69, 9.17) is 0 Å². The SMILES string of the molecule is CC(C)(C)CN1CCCC[C@H]1CO. The van der Waals surface area contributed by atoms with Gasteiger partial charge in [0.1, 0.15) is 0 Å². The molecule has 1 aliphatic rings. The van der Waals surface area contributed by atoms with E-state index in [1.807, 2.05) is 0 Å². The van der Waals surface area contributed by atoms with Crippen molar-refractivity contribution in [3.63, 3.8) is 0 Å². The van der Waals surface area contributed by atoms with E-state index >= 15 is 0 Å². The zero-order valence-corrected chi connectivity index (χ0v) is 9.21. The maximum atomic E-state index is 9.22. The van der Waals surface area contributed by atoms with Crippen LogP contribution in [0.2, 0.25) is 0 Å². The van der Waals surface area contributed by atoms with Crippen molar-refractivity contribution in [1.82, 2.24) is 4.90 Å². The van der Waals surface area contributed by atoms with Crippen LogP contribution in [0.4, 0.5) is 0 Å². The van der Waals surface area contributed by atoms with Crippen molar-refractivity contribution < 1.29 is 5.11 Å². The first kappa shape index (κ1) is 11.0. The average molecular weight is 185 g/mol. The number of aliphatic hydroxyl groups excluding tert-OH is 1. The number of aliphatic hydroxyl groups is 1. The van der Waals surface area contributed by atoms with Crippen molar-refractivity contribution in [1.29, 1.82) is 0 Å². The molecule has 0 aliphatic carbocycles. The standard InChI is InChI=1S/C11H23NO/c1-11(2,3)9-12-7-5-4-6-10(12)8-13/h10,13H,4-9H2,1-3H3/t10-/m0/s1. The lowest BCUT2D eigenvalue weighted by Crippen LogP contribution is -2.45. The fourth-order valence-electron chi connectivity index (χ4n) is 2.08. The summed E-state index contributed by atoms with van der Waals surface area (Å²) >= 11 is 0. The zero-order valence-electron chi connectivity index (χ0n) is 9.21. The van der Waals surface area contributed by atoms with Crippen LogP contribution in [-0.2, 0) is 0 Å². The summed E-state index contributed by atoms with van der Waals surface area (Å²) in [5.41, 5.74) is 0.352. The van der Waals surface area contributed by atoms with Crippen LogP contribution < -0.4 is 0 Å². The second kappa shape index (κ2) is 4.43. The van der Waals surface area contributed by atoms with E-state index in [1.54, 1.807) is 0 Å². The normalized spacial score (nSPS) is 26.3. The molecule has 2 nitrogen and oxygen atoms in total. The summed E-state index contributed by atoms with van der Waals surface area (Å²) in [5, 5.41) is 9.22. The Morgan fingerprint density at radius 2 is 2.00 bits per heavy atom. The van der Waals surface area contributed by atoms with Gasteiger partial charge in [0.2, 0.25) is 0 Å². The number of hydrogen-bond acceptors (Lipinski definition) is 2. The molecule has 2 heteroatoms. The number of piperidine rings is 1. The quantitative estimate of drug-likeness (QED) is 0.710. The summed E-state index contributed by atoms with van der Waals surface area (Å²) in [6.07, 6.45) is 3.75.